The average molecular weight is 430 g/mol. The first-order valence-corrected chi connectivity index (χ1v) is 10.9. The van der Waals surface area contributed by atoms with Gasteiger partial charge in [0.25, 0.3) is 0 Å². The van der Waals surface area contributed by atoms with Crippen molar-refractivity contribution in [2.75, 3.05) is 38.9 Å². The van der Waals surface area contributed by atoms with E-state index in [0.717, 1.165) is 63.0 Å². The molecule has 1 unspecified atom stereocenters. The van der Waals surface area contributed by atoms with E-state index < -0.39 is 0 Å². The van der Waals surface area contributed by atoms with E-state index in [1.54, 1.807) is 26.0 Å². The molecule has 10 heteroatoms. The molecule has 4 rings (SSSR count). The van der Waals surface area contributed by atoms with E-state index in [1.165, 1.54) is 0 Å². The van der Waals surface area contributed by atoms with Gasteiger partial charge < -0.3 is 20.5 Å². The zero-order valence-electron chi connectivity index (χ0n) is 17.7. The van der Waals surface area contributed by atoms with Crippen LogP contribution in [0, 0.1) is 13.8 Å². The zero-order valence-corrected chi connectivity index (χ0v) is 18.5. The van der Waals surface area contributed by atoms with E-state index in [4.69, 9.17) is 20.3 Å². The highest BCUT2D eigenvalue weighted by molar-refractivity contribution is 7.99. The number of hydrogen-bond donors (Lipinski definition) is 2. The van der Waals surface area contributed by atoms with Crippen LogP contribution < -0.4 is 15.8 Å². The molecule has 3 aromatic heterocycles. The minimum Gasteiger partial charge on any atom is -0.496 e. The van der Waals surface area contributed by atoms with E-state index in [2.05, 4.69) is 20.3 Å². The maximum absolute atomic E-state index is 6.03. The molecule has 160 valence electrons. The molecule has 1 aliphatic rings. The molecule has 0 fully saturated rings. The van der Waals surface area contributed by atoms with Crippen LogP contribution in [0.3, 0.4) is 0 Å². The Balaban J connectivity index is 1.72. The van der Waals surface area contributed by atoms with Crippen LogP contribution in [0.5, 0.6) is 5.75 Å². The second kappa shape index (κ2) is 8.75. The summed E-state index contributed by atoms with van der Waals surface area (Å²) < 4.78 is 12.6. The van der Waals surface area contributed by atoms with Crippen LogP contribution in [-0.4, -0.2) is 63.9 Å². The van der Waals surface area contributed by atoms with Crippen molar-refractivity contribution in [2.24, 2.45) is 0 Å². The lowest BCUT2D eigenvalue weighted by molar-refractivity contribution is 0.196. The minimum atomic E-state index is 0.259. The van der Waals surface area contributed by atoms with Crippen LogP contribution in [0.15, 0.2) is 11.2 Å². The Morgan fingerprint density at radius 2 is 2.13 bits per heavy atom. The van der Waals surface area contributed by atoms with E-state index in [9.17, 15) is 0 Å². The van der Waals surface area contributed by atoms with Crippen molar-refractivity contribution in [3.63, 3.8) is 0 Å². The maximum atomic E-state index is 6.03. The van der Waals surface area contributed by atoms with Gasteiger partial charge in [0.1, 0.15) is 10.8 Å². The third-order valence-electron chi connectivity index (χ3n) is 5.30. The van der Waals surface area contributed by atoms with Gasteiger partial charge in [-0.25, -0.2) is 9.67 Å². The van der Waals surface area contributed by atoms with Crippen LogP contribution in [0.1, 0.15) is 22.5 Å². The topological polar surface area (TPSA) is 113 Å². The second-order valence-electron chi connectivity index (χ2n) is 7.40. The highest BCUT2D eigenvalue weighted by Crippen LogP contribution is 2.34. The van der Waals surface area contributed by atoms with Crippen molar-refractivity contribution in [2.45, 2.75) is 37.9 Å². The van der Waals surface area contributed by atoms with Crippen molar-refractivity contribution in [1.82, 2.24) is 30.0 Å². The van der Waals surface area contributed by atoms with Crippen molar-refractivity contribution in [3.05, 3.63) is 28.7 Å². The van der Waals surface area contributed by atoms with Crippen molar-refractivity contribution < 1.29 is 9.47 Å². The Labute approximate surface area is 179 Å². The molecule has 0 aromatic carbocycles. The van der Waals surface area contributed by atoms with Crippen molar-refractivity contribution in [1.29, 1.82) is 0 Å². The molecule has 0 saturated heterocycles. The Bertz CT molecular complexity index is 1070. The summed E-state index contributed by atoms with van der Waals surface area (Å²) in [5.41, 5.74) is 10.7. The smallest absolute Gasteiger partial charge is 0.223 e. The van der Waals surface area contributed by atoms with E-state index >= 15 is 0 Å². The fourth-order valence-corrected chi connectivity index (χ4v) is 4.93. The molecular formula is C20H27N7O2S. The van der Waals surface area contributed by atoms with Gasteiger partial charge in [-0.15, -0.1) is 11.8 Å². The number of anilines is 1. The number of pyridine rings is 1. The highest BCUT2D eigenvalue weighted by atomic mass is 32.2. The molecule has 4 heterocycles. The number of nitrogen functional groups attached to an aromatic ring is 1. The summed E-state index contributed by atoms with van der Waals surface area (Å²) in [5.74, 6) is 2.00. The van der Waals surface area contributed by atoms with E-state index in [1.807, 2.05) is 24.7 Å². The fourth-order valence-electron chi connectivity index (χ4n) is 3.83. The summed E-state index contributed by atoms with van der Waals surface area (Å²) in [6.45, 7) is 5.96. The molecule has 0 bridgehead atoms. The third kappa shape index (κ3) is 3.94. The number of thioether (sulfide) groups is 1. The SMILES string of the molecule is COCCNC1CSc2nc(N)nc3c2c(nn3Cc2ncc(C)c(OC)c2C)C1. The van der Waals surface area contributed by atoms with E-state index in [0.29, 0.717) is 13.2 Å². The van der Waals surface area contributed by atoms with E-state index in [-0.39, 0.29) is 12.0 Å². The maximum Gasteiger partial charge on any atom is 0.223 e. The van der Waals surface area contributed by atoms with Crippen molar-refractivity contribution >= 4 is 28.7 Å². The number of ether oxygens (including phenoxy) is 2. The zero-order chi connectivity index (χ0) is 21.3. The molecule has 3 aromatic rings. The quantitative estimate of drug-likeness (QED) is 0.428. The number of rotatable bonds is 7. The summed E-state index contributed by atoms with van der Waals surface area (Å²) in [7, 11) is 3.39. The Morgan fingerprint density at radius 1 is 1.30 bits per heavy atom. The van der Waals surface area contributed by atoms with Gasteiger partial charge in [-0.05, 0) is 13.8 Å². The standard InChI is InChI=1S/C20H27N7O2S/c1-11-8-23-15(12(2)17(11)29-4)9-27-18-16-14(26-27)7-13(22-5-6-28-3)10-30-19(16)25-20(21)24-18/h8,13,22H,5-7,9-10H2,1-4H3,(H2,21,24,25). The monoisotopic (exact) mass is 429 g/mol. The molecular weight excluding hydrogens is 402 g/mol. The number of aromatic nitrogens is 5. The van der Waals surface area contributed by atoms with Gasteiger partial charge in [-0.1, -0.05) is 0 Å². The summed E-state index contributed by atoms with van der Waals surface area (Å²) in [6.07, 6.45) is 2.63. The molecule has 0 aliphatic carbocycles. The molecule has 0 saturated carbocycles. The number of methoxy groups -OCH3 is 2. The minimum absolute atomic E-state index is 0.259. The van der Waals surface area contributed by atoms with Gasteiger partial charge in [-0.3, -0.25) is 4.98 Å². The first-order valence-electron chi connectivity index (χ1n) is 9.88. The second-order valence-corrected chi connectivity index (χ2v) is 8.40. The first kappa shape index (κ1) is 20.8. The predicted molar refractivity (Wildman–Crippen MR) is 117 cm³/mol. The summed E-state index contributed by atoms with van der Waals surface area (Å²) in [6, 6.07) is 0.270. The highest BCUT2D eigenvalue weighted by Gasteiger charge is 2.26. The Kier molecular flexibility index (Phi) is 6.07. The van der Waals surface area contributed by atoms with Crippen LogP contribution in [0.25, 0.3) is 11.0 Å². The number of nitrogens with zero attached hydrogens (tertiary/aromatic N) is 5. The molecule has 30 heavy (non-hydrogen) atoms. The van der Waals surface area contributed by atoms with Gasteiger partial charge in [0.15, 0.2) is 5.65 Å². The number of hydrogen-bond acceptors (Lipinski definition) is 9. The van der Waals surface area contributed by atoms with Gasteiger partial charge in [-0.2, -0.15) is 10.1 Å². The number of nitrogens with one attached hydrogen (secondary N) is 1. The summed E-state index contributed by atoms with van der Waals surface area (Å²) in [5, 5.41) is 10.3. The van der Waals surface area contributed by atoms with Crippen LogP contribution in [0.2, 0.25) is 0 Å². The van der Waals surface area contributed by atoms with Crippen molar-refractivity contribution in [3.8, 4) is 5.75 Å². The summed E-state index contributed by atoms with van der Waals surface area (Å²) in [4.78, 5) is 13.6. The lowest BCUT2D eigenvalue weighted by atomic mass is 10.1. The van der Waals surface area contributed by atoms with Gasteiger partial charge in [0.05, 0.1) is 37.0 Å². The molecule has 1 aliphatic heterocycles. The average Bonchev–Trinajstić information content (AvgIpc) is 2.94. The Hall–Kier alpha value is -2.43. The normalized spacial score (nSPS) is 16.1. The Morgan fingerprint density at radius 3 is 2.90 bits per heavy atom. The first-order chi connectivity index (χ1) is 14.5. The number of nitrogens with two attached hydrogens (primary N) is 1. The third-order valence-corrected chi connectivity index (χ3v) is 6.44. The molecule has 0 amide bonds. The van der Waals surface area contributed by atoms with Crippen LogP contribution in [0.4, 0.5) is 5.95 Å². The lowest BCUT2D eigenvalue weighted by Crippen LogP contribution is -2.35. The largest absolute Gasteiger partial charge is 0.496 e. The summed E-state index contributed by atoms with van der Waals surface area (Å²) >= 11 is 1.69. The van der Waals surface area contributed by atoms with Gasteiger partial charge >= 0.3 is 0 Å². The predicted octanol–water partition coefficient (Wildman–Crippen LogP) is 1.73. The molecule has 1 atom stereocenters. The van der Waals surface area contributed by atoms with Crippen LogP contribution >= 0.6 is 11.8 Å². The van der Waals surface area contributed by atoms with Crippen LogP contribution in [-0.2, 0) is 17.7 Å². The molecule has 0 radical (unpaired) electrons. The molecule has 9 nitrogen and oxygen atoms in total. The molecule has 0 spiro atoms. The van der Waals surface area contributed by atoms with Gasteiger partial charge in [0, 0.05) is 49.2 Å². The molecule has 3 N–H and O–H groups in total. The lowest BCUT2D eigenvalue weighted by Gasteiger charge is -2.15. The number of aryl methyl sites for hydroxylation is 1. The van der Waals surface area contributed by atoms with Gasteiger partial charge in [0.2, 0.25) is 5.95 Å². The fraction of sp³-hybridized carbons (Fsp3) is 0.500.